The number of hydrogen-bond donors (Lipinski definition) is 2. The van der Waals surface area contributed by atoms with E-state index < -0.39 is 11.7 Å². The maximum Gasteiger partial charge on any atom is 0.407 e. The molecule has 0 spiro atoms. The van der Waals surface area contributed by atoms with Gasteiger partial charge in [-0.2, -0.15) is 0 Å². The summed E-state index contributed by atoms with van der Waals surface area (Å²) >= 11 is 0. The first-order chi connectivity index (χ1) is 11.3. The molecule has 1 heterocycles. The lowest BCUT2D eigenvalue weighted by atomic mass is 10.1. The lowest BCUT2D eigenvalue weighted by Crippen LogP contribution is -2.35. The molecule has 0 aliphatic heterocycles. The maximum absolute atomic E-state index is 11.6. The standard InChI is InChI=1S/C18H25N3O3/c1-12-11-21-16-13(7-6-8-14(16)23-5)15(12)19-9-10-20-17(22)24-18(2,3)4/h6-8,11H,9-10H2,1-5H3,(H,19,21)(H,20,22). The van der Waals surface area contributed by atoms with Crippen molar-refractivity contribution >= 4 is 22.7 Å². The van der Waals surface area contributed by atoms with Crippen LogP contribution < -0.4 is 15.4 Å². The van der Waals surface area contributed by atoms with E-state index in [9.17, 15) is 4.79 Å². The second kappa shape index (κ2) is 7.38. The summed E-state index contributed by atoms with van der Waals surface area (Å²) in [5.41, 5.74) is 2.34. The van der Waals surface area contributed by atoms with E-state index in [-0.39, 0.29) is 0 Å². The predicted molar refractivity (Wildman–Crippen MR) is 95.8 cm³/mol. The van der Waals surface area contributed by atoms with Crippen LogP contribution in [0.5, 0.6) is 5.75 Å². The first kappa shape index (κ1) is 17.8. The molecule has 0 unspecified atom stereocenters. The van der Waals surface area contributed by atoms with Crippen LogP contribution >= 0.6 is 0 Å². The SMILES string of the molecule is COc1cccc2c(NCCNC(=O)OC(C)(C)C)c(C)cnc12. The molecule has 2 N–H and O–H groups in total. The number of nitrogens with one attached hydrogen (secondary N) is 2. The minimum atomic E-state index is -0.494. The van der Waals surface area contributed by atoms with Crippen LogP contribution in [0.1, 0.15) is 26.3 Å². The van der Waals surface area contributed by atoms with E-state index in [0.717, 1.165) is 27.9 Å². The van der Waals surface area contributed by atoms with E-state index in [2.05, 4.69) is 15.6 Å². The molecule has 6 heteroatoms. The number of amides is 1. The van der Waals surface area contributed by atoms with Crippen LogP contribution in [-0.4, -0.2) is 36.9 Å². The van der Waals surface area contributed by atoms with Crippen molar-refractivity contribution in [3.05, 3.63) is 30.0 Å². The molecule has 0 aliphatic carbocycles. The topological polar surface area (TPSA) is 72.5 Å². The Hall–Kier alpha value is -2.50. The fourth-order valence-electron chi connectivity index (χ4n) is 2.36. The van der Waals surface area contributed by atoms with Gasteiger partial charge in [-0.25, -0.2) is 4.79 Å². The second-order valence-electron chi connectivity index (χ2n) is 6.53. The number of benzene rings is 1. The van der Waals surface area contributed by atoms with Crippen molar-refractivity contribution in [2.45, 2.75) is 33.3 Å². The summed E-state index contributed by atoms with van der Waals surface area (Å²) in [5, 5.41) is 7.09. The number of aromatic nitrogens is 1. The van der Waals surface area contributed by atoms with Gasteiger partial charge in [-0.3, -0.25) is 4.98 Å². The number of carbonyl (C=O) groups is 1. The highest BCUT2D eigenvalue weighted by Gasteiger charge is 2.15. The Morgan fingerprint density at radius 3 is 2.67 bits per heavy atom. The molecule has 0 saturated carbocycles. The average molecular weight is 331 g/mol. The Balaban J connectivity index is 2.03. The fraction of sp³-hybridized carbons (Fsp3) is 0.444. The van der Waals surface area contributed by atoms with Crippen molar-refractivity contribution in [1.82, 2.24) is 10.3 Å². The average Bonchev–Trinajstić information content (AvgIpc) is 2.50. The molecule has 0 fully saturated rings. The van der Waals surface area contributed by atoms with Crippen molar-refractivity contribution in [3.63, 3.8) is 0 Å². The number of anilines is 1. The van der Waals surface area contributed by atoms with Crippen LogP contribution in [-0.2, 0) is 4.74 Å². The normalized spacial score (nSPS) is 11.2. The number of nitrogens with zero attached hydrogens (tertiary/aromatic N) is 1. The van der Waals surface area contributed by atoms with Crippen molar-refractivity contribution in [3.8, 4) is 5.75 Å². The van der Waals surface area contributed by atoms with E-state index in [1.54, 1.807) is 7.11 Å². The highest BCUT2D eigenvalue weighted by Crippen LogP contribution is 2.30. The van der Waals surface area contributed by atoms with Gasteiger partial charge in [0.05, 0.1) is 7.11 Å². The number of ether oxygens (including phenoxy) is 2. The van der Waals surface area contributed by atoms with Crippen LogP contribution in [0.4, 0.5) is 10.5 Å². The molecule has 0 aliphatic rings. The first-order valence-corrected chi connectivity index (χ1v) is 7.95. The van der Waals surface area contributed by atoms with Crippen LogP contribution in [0.3, 0.4) is 0 Å². The van der Waals surface area contributed by atoms with Crippen molar-refractivity contribution in [2.24, 2.45) is 0 Å². The van der Waals surface area contributed by atoms with Crippen LogP contribution in [0.2, 0.25) is 0 Å². The summed E-state index contributed by atoms with van der Waals surface area (Å²) in [6.45, 7) is 8.55. The number of alkyl carbamates (subject to hydrolysis) is 1. The summed E-state index contributed by atoms with van der Waals surface area (Å²) in [7, 11) is 1.63. The number of para-hydroxylation sites is 1. The van der Waals surface area contributed by atoms with Gasteiger partial charge in [0, 0.05) is 30.4 Å². The van der Waals surface area contributed by atoms with Crippen LogP contribution in [0.25, 0.3) is 10.9 Å². The quantitative estimate of drug-likeness (QED) is 0.821. The largest absolute Gasteiger partial charge is 0.494 e. The summed E-state index contributed by atoms with van der Waals surface area (Å²) in [6, 6.07) is 5.83. The van der Waals surface area contributed by atoms with E-state index >= 15 is 0 Å². The Morgan fingerprint density at radius 1 is 1.25 bits per heavy atom. The molecule has 0 saturated heterocycles. The number of hydrogen-bond acceptors (Lipinski definition) is 5. The third-order valence-corrected chi connectivity index (χ3v) is 3.36. The van der Waals surface area contributed by atoms with Gasteiger partial charge in [0.25, 0.3) is 0 Å². The summed E-state index contributed by atoms with van der Waals surface area (Å²) in [6.07, 6.45) is 1.40. The number of aryl methyl sites for hydroxylation is 1. The molecule has 1 aromatic heterocycles. The van der Waals surface area contributed by atoms with Crippen molar-refractivity contribution in [2.75, 3.05) is 25.5 Å². The van der Waals surface area contributed by atoms with E-state index in [1.165, 1.54) is 0 Å². The Bertz CT molecular complexity index is 723. The smallest absolute Gasteiger partial charge is 0.407 e. The minimum Gasteiger partial charge on any atom is -0.494 e. The predicted octanol–water partition coefficient (Wildman–Crippen LogP) is 3.49. The molecule has 24 heavy (non-hydrogen) atoms. The Kier molecular flexibility index (Phi) is 5.49. The Morgan fingerprint density at radius 2 is 2.00 bits per heavy atom. The number of rotatable bonds is 5. The van der Waals surface area contributed by atoms with E-state index in [0.29, 0.717) is 13.1 Å². The number of fused-ring (bicyclic) bond motifs is 1. The second-order valence-corrected chi connectivity index (χ2v) is 6.53. The molecule has 1 amide bonds. The summed E-state index contributed by atoms with van der Waals surface area (Å²) in [4.78, 5) is 16.1. The van der Waals surface area contributed by atoms with Crippen molar-refractivity contribution in [1.29, 1.82) is 0 Å². The zero-order valence-electron chi connectivity index (χ0n) is 14.9. The number of carbonyl (C=O) groups excluding carboxylic acids is 1. The highest BCUT2D eigenvalue weighted by atomic mass is 16.6. The Labute approximate surface area is 142 Å². The summed E-state index contributed by atoms with van der Waals surface area (Å²) < 4.78 is 10.6. The monoisotopic (exact) mass is 331 g/mol. The van der Waals surface area contributed by atoms with Gasteiger partial charge in [0.2, 0.25) is 0 Å². The van der Waals surface area contributed by atoms with E-state index in [4.69, 9.17) is 9.47 Å². The molecule has 0 bridgehead atoms. The van der Waals surface area contributed by atoms with Gasteiger partial charge in [0.15, 0.2) is 0 Å². The van der Waals surface area contributed by atoms with E-state index in [1.807, 2.05) is 52.1 Å². The third-order valence-electron chi connectivity index (χ3n) is 3.36. The lowest BCUT2D eigenvalue weighted by molar-refractivity contribution is 0.0530. The molecule has 0 atom stereocenters. The van der Waals surface area contributed by atoms with Gasteiger partial charge in [-0.1, -0.05) is 12.1 Å². The van der Waals surface area contributed by atoms with Crippen LogP contribution in [0, 0.1) is 6.92 Å². The molecule has 1 aromatic carbocycles. The van der Waals surface area contributed by atoms with Gasteiger partial charge in [-0.15, -0.1) is 0 Å². The third kappa shape index (κ3) is 4.50. The molecular weight excluding hydrogens is 306 g/mol. The van der Waals surface area contributed by atoms with Gasteiger partial charge in [0.1, 0.15) is 16.9 Å². The number of pyridine rings is 1. The van der Waals surface area contributed by atoms with Crippen LogP contribution in [0.15, 0.2) is 24.4 Å². The van der Waals surface area contributed by atoms with Crippen molar-refractivity contribution < 1.29 is 14.3 Å². The number of methoxy groups -OCH3 is 1. The summed E-state index contributed by atoms with van der Waals surface area (Å²) in [5.74, 6) is 0.738. The zero-order valence-corrected chi connectivity index (χ0v) is 14.9. The first-order valence-electron chi connectivity index (χ1n) is 7.95. The fourth-order valence-corrected chi connectivity index (χ4v) is 2.36. The molecular formula is C18H25N3O3. The molecule has 0 radical (unpaired) electrons. The minimum absolute atomic E-state index is 0.415. The molecule has 2 aromatic rings. The zero-order chi connectivity index (χ0) is 17.7. The molecule has 6 nitrogen and oxygen atoms in total. The van der Waals surface area contributed by atoms with Gasteiger partial charge >= 0.3 is 6.09 Å². The highest BCUT2D eigenvalue weighted by molar-refractivity contribution is 5.96. The molecule has 130 valence electrons. The lowest BCUT2D eigenvalue weighted by Gasteiger charge is -2.20. The molecule has 2 rings (SSSR count). The van der Waals surface area contributed by atoms with Gasteiger partial charge in [-0.05, 0) is 39.3 Å². The van der Waals surface area contributed by atoms with Gasteiger partial charge < -0.3 is 20.1 Å². The maximum atomic E-state index is 11.6.